The monoisotopic (exact) mass is 414 g/mol. The Bertz CT molecular complexity index is 659. The third-order valence-electron chi connectivity index (χ3n) is 2.66. The highest BCUT2D eigenvalue weighted by molar-refractivity contribution is 14.1. The van der Waals surface area contributed by atoms with Crippen molar-refractivity contribution in [2.75, 3.05) is 11.9 Å². The first-order valence-electron chi connectivity index (χ1n) is 6.14. The Balaban J connectivity index is 1.88. The summed E-state index contributed by atoms with van der Waals surface area (Å²) >= 11 is 7.84. The van der Waals surface area contributed by atoms with Gasteiger partial charge in [0.1, 0.15) is 0 Å². The highest BCUT2D eigenvalue weighted by atomic mass is 127. The van der Waals surface area contributed by atoms with Gasteiger partial charge in [0.05, 0.1) is 12.1 Å². The van der Waals surface area contributed by atoms with Gasteiger partial charge in [0, 0.05) is 14.3 Å². The van der Waals surface area contributed by atoms with Gasteiger partial charge in [0.25, 0.3) is 5.91 Å². The summed E-state index contributed by atoms with van der Waals surface area (Å²) in [5.74, 6) is -0.567. The number of rotatable bonds is 4. The minimum absolute atomic E-state index is 0.0908. The average Bonchev–Trinajstić information content (AvgIpc) is 2.48. The Morgan fingerprint density at radius 1 is 1.05 bits per heavy atom. The van der Waals surface area contributed by atoms with Crippen molar-refractivity contribution in [1.29, 1.82) is 0 Å². The minimum Gasteiger partial charge on any atom is -0.343 e. The first-order chi connectivity index (χ1) is 10.1. The number of nitrogens with one attached hydrogen (secondary N) is 2. The number of carbonyl (C=O) groups excluding carboxylic acids is 2. The van der Waals surface area contributed by atoms with Crippen LogP contribution in [0.3, 0.4) is 0 Å². The summed E-state index contributed by atoms with van der Waals surface area (Å²) in [6.07, 6.45) is 0. The molecule has 0 unspecified atom stereocenters. The molecule has 6 heteroatoms. The van der Waals surface area contributed by atoms with Crippen molar-refractivity contribution >= 4 is 51.7 Å². The van der Waals surface area contributed by atoms with E-state index in [0.717, 1.165) is 3.57 Å². The normalized spacial score (nSPS) is 10.0. The molecule has 0 fully saturated rings. The molecule has 0 heterocycles. The molecule has 0 spiro atoms. The molecule has 21 heavy (non-hydrogen) atoms. The van der Waals surface area contributed by atoms with E-state index in [2.05, 4.69) is 33.2 Å². The molecular weight excluding hydrogens is 403 g/mol. The summed E-state index contributed by atoms with van der Waals surface area (Å²) in [6, 6.07) is 13.9. The van der Waals surface area contributed by atoms with Crippen LogP contribution in [0.4, 0.5) is 5.69 Å². The zero-order valence-corrected chi connectivity index (χ0v) is 13.8. The van der Waals surface area contributed by atoms with Gasteiger partial charge >= 0.3 is 0 Å². The van der Waals surface area contributed by atoms with E-state index in [-0.39, 0.29) is 18.4 Å². The Morgan fingerprint density at radius 3 is 2.38 bits per heavy atom. The van der Waals surface area contributed by atoms with Gasteiger partial charge in [-0.1, -0.05) is 23.7 Å². The average molecular weight is 415 g/mol. The van der Waals surface area contributed by atoms with Crippen LogP contribution in [0.15, 0.2) is 48.5 Å². The highest BCUT2D eigenvalue weighted by Crippen LogP contribution is 2.13. The second-order valence-electron chi connectivity index (χ2n) is 4.22. The van der Waals surface area contributed by atoms with Crippen LogP contribution < -0.4 is 10.6 Å². The Morgan fingerprint density at radius 2 is 1.71 bits per heavy atom. The maximum Gasteiger partial charge on any atom is 0.252 e. The molecule has 2 rings (SSSR count). The number of hydrogen-bond acceptors (Lipinski definition) is 2. The smallest absolute Gasteiger partial charge is 0.252 e. The first kappa shape index (κ1) is 15.8. The van der Waals surface area contributed by atoms with Gasteiger partial charge < -0.3 is 10.6 Å². The van der Waals surface area contributed by atoms with Crippen molar-refractivity contribution in [1.82, 2.24) is 5.32 Å². The van der Waals surface area contributed by atoms with Crippen molar-refractivity contribution in [2.24, 2.45) is 0 Å². The van der Waals surface area contributed by atoms with E-state index >= 15 is 0 Å². The lowest BCUT2D eigenvalue weighted by molar-refractivity contribution is -0.115. The summed E-state index contributed by atoms with van der Waals surface area (Å²) in [7, 11) is 0. The van der Waals surface area contributed by atoms with Crippen molar-refractivity contribution < 1.29 is 9.59 Å². The van der Waals surface area contributed by atoms with Gasteiger partial charge in [-0.25, -0.2) is 0 Å². The third-order valence-corrected chi connectivity index (χ3v) is 3.85. The largest absolute Gasteiger partial charge is 0.343 e. The lowest BCUT2D eigenvalue weighted by atomic mass is 10.2. The van der Waals surface area contributed by atoms with Crippen LogP contribution in [0, 0.1) is 3.57 Å². The van der Waals surface area contributed by atoms with Crippen LogP contribution in [0.5, 0.6) is 0 Å². The summed E-state index contributed by atoms with van der Waals surface area (Å²) < 4.78 is 0.839. The number of carbonyl (C=O) groups is 2. The fourth-order valence-electron chi connectivity index (χ4n) is 1.64. The maximum absolute atomic E-state index is 12.0. The number of halogens is 2. The van der Waals surface area contributed by atoms with E-state index in [1.165, 1.54) is 0 Å². The van der Waals surface area contributed by atoms with Gasteiger partial charge in [-0.3, -0.25) is 9.59 Å². The fraction of sp³-hybridized carbons (Fsp3) is 0.0667. The summed E-state index contributed by atoms with van der Waals surface area (Å²) in [4.78, 5) is 23.7. The molecule has 0 aromatic heterocycles. The topological polar surface area (TPSA) is 58.2 Å². The van der Waals surface area contributed by atoms with E-state index < -0.39 is 0 Å². The molecule has 0 aliphatic rings. The molecule has 0 atom stereocenters. The predicted octanol–water partition coefficient (Wildman–Crippen LogP) is 3.31. The molecule has 2 aromatic carbocycles. The van der Waals surface area contributed by atoms with Crippen molar-refractivity contribution in [2.45, 2.75) is 0 Å². The summed E-state index contributed by atoms with van der Waals surface area (Å²) in [6.45, 7) is -0.0908. The zero-order valence-electron chi connectivity index (χ0n) is 10.9. The fourth-order valence-corrected chi connectivity index (χ4v) is 2.40. The van der Waals surface area contributed by atoms with Gasteiger partial charge in [-0.05, 0) is 59.0 Å². The molecule has 2 aromatic rings. The second kappa shape index (κ2) is 7.42. The molecule has 4 nitrogen and oxygen atoms in total. The Labute approximate surface area is 141 Å². The van der Waals surface area contributed by atoms with Crippen LogP contribution in [-0.2, 0) is 4.79 Å². The van der Waals surface area contributed by atoms with E-state index in [9.17, 15) is 9.59 Å². The van der Waals surface area contributed by atoms with Crippen LogP contribution in [0.25, 0.3) is 0 Å². The molecule has 0 bridgehead atoms. The van der Waals surface area contributed by atoms with Gasteiger partial charge in [0.2, 0.25) is 5.91 Å². The van der Waals surface area contributed by atoms with E-state index in [4.69, 9.17) is 11.6 Å². The number of hydrogen-bond donors (Lipinski definition) is 2. The number of anilines is 1. The highest BCUT2D eigenvalue weighted by Gasteiger charge is 2.10. The summed E-state index contributed by atoms with van der Waals surface area (Å²) in [5.41, 5.74) is 1.19. The molecule has 0 aliphatic heterocycles. The minimum atomic E-state index is -0.295. The van der Waals surface area contributed by atoms with Gasteiger partial charge in [0.15, 0.2) is 0 Å². The van der Waals surface area contributed by atoms with Crippen molar-refractivity contribution in [3.63, 3.8) is 0 Å². The molecule has 0 radical (unpaired) electrons. The Kier molecular flexibility index (Phi) is 5.58. The maximum atomic E-state index is 12.0. The number of benzene rings is 2. The Hall–Kier alpha value is -1.60. The van der Waals surface area contributed by atoms with Crippen LogP contribution in [-0.4, -0.2) is 18.4 Å². The number of amides is 2. The van der Waals surface area contributed by atoms with E-state index in [1.807, 2.05) is 12.1 Å². The molecule has 108 valence electrons. The molecule has 0 aliphatic carbocycles. The SMILES string of the molecule is O=C(CNC(=O)c1ccccc1I)Nc1ccc(Cl)cc1. The van der Waals surface area contributed by atoms with Crippen LogP contribution >= 0.6 is 34.2 Å². The van der Waals surface area contributed by atoms with Crippen LogP contribution in [0.1, 0.15) is 10.4 Å². The zero-order chi connectivity index (χ0) is 15.2. The molecule has 0 saturated carbocycles. The lowest BCUT2D eigenvalue weighted by Gasteiger charge is -2.08. The first-order valence-corrected chi connectivity index (χ1v) is 7.60. The lowest BCUT2D eigenvalue weighted by Crippen LogP contribution is -2.33. The standard InChI is InChI=1S/C15H12ClIN2O2/c16-10-5-7-11(8-6-10)19-14(20)9-18-15(21)12-3-1-2-4-13(12)17/h1-8H,9H2,(H,18,21)(H,19,20). The third kappa shape index (κ3) is 4.71. The molecule has 2 amide bonds. The summed E-state index contributed by atoms with van der Waals surface area (Å²) in [5, 5.41) is 5.86. The van der Waals surface area contributed by atoms with Gasteiger partial charge in [-0.2, -0.15) is 0 Å². The molecule has 2 N–H and O–H groups in total. The molecule has 0 saturated heterocycles. The molecular formula is C15H12ClIN2O2. The van der Waals surface area contributed by atoms with Crippen LogP contribution in [0.2, 0.25) is 5.02 Å². The van der Waals surface area contributed by atoms with Crippen molar-refractivity contribution in [3.8, 4) is 0 Å². The van der Waals surface area contributed by atoms with E-state index in [0.29, 0.717) is 16.3 Å². The predicted molar refractivity (Wildman–Crippen MR) is 91.6 cm³/mol. The quantitative estimate of drug-likeness (QED) is 0.754. The van der Waals surface area contributed by atoms with Gasteiger partial charge in [-0.15, -0.1) is 0 Å². The van der Waals surface area contributed by atoms with Crippen molar-refractivity contribution in [3.05, 3.63) is 62.7 Å². The van der Waals surface area contributed by atoms with E-state index in [1.54, 1.807) is 36.4 Å². The second-order valence-corrected chi connectivity index (χ2v) is 5.82.